The Balaban J connectivity index is 2.11. The highest BCUT2D eigenvalue weighted by Gasteiger charge is 2.20. The molecular weight excluding hydrogens is 240 g/mol. The summed E-state index contributed by atoms with van der Waals surface area (Å²) in [4.78, 5) is 19.0. The first-order chi connectivity index (χ1) is 7.66. The normalized spacial score (nSPS) is 10.9. The van der Waals surface area contributed by atoms with Crippen LogP contribution < -0.4 is 0 Å². The van der Waals surface area contributed by atoms with Gasteiger partial charge in [-0.25, -0.2) is 8.78 Å². The van der Waals surface area contributed by atoms with Crippen molar-refractivity contribution >= 4 is 17.1 Å². The van der Waals surface area contributed by atoms with Crippen LogP contribution in [0.15, 0.2) is 16.2 Å². The molecule has 5 nitrogen and oxygen atoms in total. The van der Waals surface area contributed by atoms with Crippen LogP contribution in [0.25, 0.3) is 10.7 Å². The molecule has 2 rings (SSSR count). The van der Waals surface area contributed by atoms with Crippen LogP contribution in [-0.4, -0.2) is 27.3 Å². The minimum Gasteiger partial charge on any atom is -0.338 e. The minimum atomic E-state index is -3.02. The van der Waals surface area contributed by atoms with Gasteiger partial charge in [0.05, 0.1) is 16.8 Å². The maximum atomic E-state index is 11.9. The molecule has 0 amide bonds. The highest BCUT2D eigenvalue weighted by Crippen LogP contribution is 2.19. The lowest BCUT2D eigenvalue weighted by Gasteiger charge is -1.92. The van der Waals surface area contributed by atoms with Crippen molar-refractivity contribution in [1.82, 2.24) is 15.1 Å². The van der Waals surface area contributed by atoms with E-state index in [-0.39, 0.29) is 11.7 Å². The van der Waals surface area contributed by atoms with Crippen LogP contribution in [0.2, 0.25) is 0 Å². The highest BCUT2D eigenvalue weighted by atomic mass is 32.1. The summed E-state index contributed by atoms with van der Waals surface area (Å²) in [6.45, 7) is 0. The fraction of sp³-hybridized carbons (Fsp3) is 0.250. The lowest BCUT2D eigenvalue weighted by molar-refractivity contribution is -0.129. The van der Waals surface area contributed by atoms with Gasteiger partial charge in [-0.1, -0.05) is 5.16 Å². The summed E-state index contributed by atoms with van der Waals surface area (Å²) >= 11 is 1.29. The zero-order valence-electron chi connectivity index (χ0n) is 7.76. The average molecular weight is 245 g/mol. The summed E-state index contributed by atoms with van der Waals surface area (Å²) in [6.07, 6.45) is -2.05. The number of alkyl halides is 2. The summed E-state index contributed by atoms with van der Waals surface area (Å²) in [6, 6.07) is 0. The first-order valence-electron chi connectivity index (χ1n) is 4.19. The van der Waals surface area contributed by atoms with E-state index >= 15 is 0 Å². The van der Waals surface area contributed by atoms with Gasteiger partial charge in [-0.05, 0) is 0 Å². The second-order valence-electron chi connectivity index (χ2n) is 2.82. The lowest BCUT2D eigenvalue weighted by atomic mass is 10.3. The number of carbonyl (C=O) groups is 1. The lowest BCUT2D eigenvalue weighted by Crippen LogP contribution is -2.12. The van der Waals surface area contributed by atoms with Gasteiger partial charge in [0.15, 0.2) is 0 Å². The van der Waals surface area contributed by atoms with Crippen molar-refractivity contribution < 1.29 is 18.1 Å². The summed E-state index contributed by atoms with van der Waals surface area (Å²) in [7, 11) is 0. The average Bonchev–Trinajstić information content (AvgIpc) is 2.85. The summed E-state index contributed by atoms with van der Waals surface area (Å²) in [5, 5.41) is 3.56. The maximum Gasteiger partial charge on any atom is 0.296 e. The van der Waals surface area contributed by atoms with Gasteiger partial charge in [0.25, 0.3) is 6.43 Å². The second-order valence-corrected chi connectivity index (χ2v) is 3.71. The highest BCUT2D eigenvalue weighted by molar-refractivity contribution is 7.13. The molecule has 0 aliphatic carbocycles. The fourth-order valence-corrected chi connectivity index (χ4v) is 1.52. The van der Waals surface area contributed by atoms with Crippen LogP contribution in [0, 0.1) is 0 Å². The zero-order valence-corrected chi connectivity index (χ0v) is 8.58. The van der Waals surface area contributed by atoms with Crippen molar-refractivity contribution in [3.8, 4) is 10.7 Å². The molecule has 0 bridgehead atoms. The number of hydrogen-bond donors (Lipinski definition) is 0. The van der Waals surface area contributed by atoms with Crippen LogP contribution in [0.3, 0.4) is 0 Å². The molecule has 2 aromatic rings. The number of rotatable bonds is 4. The van der Waals surface area contributed by atoms with E-state index in [0.29, 0.717) is 4.88 Å². The van der Waals surface area contributed by atoms with Crippen molar-refractivity contribution in [3.05, 3.63) is 17.6 Å². The fourth-order valence-electron chi connectivity index (χ4n) is 0.979. The van der Waals surface area contributed by atoms with Gasteiger partial charge >= 0.3 is 0 Å². The van der Waals surface area contributed by atoms with Crippen LogP contribution in [0.4, 0.5) is 8.78 Å². The molecule has 2 aromatic heterocycles. The molecule has 0 unspecified atom stereocenters. The van der Waals surface area contributed by atoms with E-state index < -0.39 is 18.6 Å². The number of aromatic nitrogens is 3. The third-order valence-corrected chi connectivity index (χ3v) is 2.46. The third kappa shape index (κ3) is 2.27. The van der Waals surface area contributed by atoms with Gasteiger partial charge < -0.3 is 4.52 Å². The van der Waals surface area contributed by atoms with Crippen molar-refractivity contribution in [2.75, 3.05) is 0 Å². The molecule has 0 aliphatic rings. The predicted octanol–water partition coefficient (Wildman–Crippen LogP) is 1.57. The van der Waals surface area contributed by atoms with Crippen LogP contribution in [-0.2, 0) is 11.2 Å². The Morgan fingerprint density at radius 1 is 1.56 bits per heavy atom. The first-order valence-corrected chi connectivity index (χ1v) is 5.07. The molecule has 0 radical (unpaired) electrons. The molecule has 0 spiro atoms. The number of nitrogens with zero attached hydrogens (tertiary/aromatic N) is 3. The van der Waals surface area contributed by atoms with E-state index in [1.54, 1.807) is 5.51 Å². The molecule has 0 saturated heterocycles. The third-order valence-electron chi connectivity index (χ3n) is 1.69. The van der Waals surface area contributed by atoms with E-state index in [2.05, 4.69) is 19.6 Å². The summed E-state index contributed by atoms with van der Waals surface area (Å²) in [5.41, 5.74) is 1.58. The molecule has 84 valence electrons. The number of hydrogen-bond acceptors (Lipinski definition) is 6. The number of Topliss-reactive ketones (excluding diaryl/α,β-unsaturated/α-hetero) is 1. The topological polar surface area (TPSA) is 68.9 Å². The second kappa shape index (κ2) is 4.44. The van der Waals surface area contributed by atoms with Gasteiger partial charge in [0, 0.05) is 6.20 Å². The monoisotopic (exact) mass is 245 g/mol. The van der Waals surface area contributed by atoms with Gasteiger partial charge in [-0.2, -0.15) is 4.98 Å². The maximum absolute atomic E-state index is 11.9. The van der Waals surface area contributed by atoms with Crippen LogP contribution in [0.5, 0.6) is 0 Å². The van der Waals surface area contributed by atoms with Crippen molar-refractivity contribution in [2.45, 2.75) is 12.8 Å². The Morgan fingerprint density at radius 3 is 3.00 bits per heavy atom. The molecule has 0 N–H and O–H groups in total. The van der Waals surface area contributed by atoms with E-state index in [9.17, 15) is 13.6 Å². The SMILES string of the molecule is O=C(Cc1nc(-c2cncs2)no1)C(F)F. The largest absolute Gasteiger partial charge is 0.338 e. The molecule has 2 heterocycles. The Kier molecular flexibility index (Phi) is 3.00. The first kappa shape index (κ1) is 10.8. The quantitative estimate of drug-likeness (QED) is 0.817. The molecule has 8 heteroatoms. The standard InChI is InChI=1S/C8H5F2N3O2S/c9-7(10)4(14)1-6-12-8(13-15-6)5-2-11-3-16-5/h2-3,7H,1H2. The van der Waals surface area contributed by atoms with Crippen LogP contribution >= 0.6 is 11.3 Å². The number of carbonyl (C=O) groups excluding carboxylic acids is 1. The predicted molar refractivity (Wildman–Crippen MR) is 50.1 cm³/mol. The molecule has 16 heavy (non-hydrogen) atoms. The van der Waals surface area contributed by atoms with Crippen molar-refractivity contribution in [3.63, 3.8) is 0 Å². The number of thiazole rings is 1. The molecule has 0 aliphatic heterocycles. The van der Waals surface area contributed by atoms with E-state index in [0.717, 1.165) is 0 Å². The minimum absolute atomic E-state index is 0.117. The molecule has 0 fully saturated rings. The van der Waals surface area contributed by atoms with Gasteiger partial charge in [-0.15, -0.1) is 11.3 Å². The molecule has 0 atom stereocenters. The number of halogens is 2. The van der Waals surface area contributed by atoms with Crippen LogP contribution in [0.1, 0.15) is 5.89 Å². The van der Waals surface area contributed by atoms with E-state index in [4.69, 9.17) is 0 Å². The van der Waals surface area contributed by atoms with Gasteiger partial charge in [0.2, 0.25) is 17.5 Å². The van der Waals surface area contributed by atoms with Crippen molar-refractivity contribution in [2.24, 2.45) is 0 Å². The number of ketones is 1. The zero-order chi connectivity index (χ0) is 11.5. The van der Waals surface area contributed by atoms with Crippen molar-refractivity contribution in [1.29, 1.82) is 0 Å². The molecule has 0 saturated carbocycles. The Hall–Kier alpha value is -1.70. The van der Waals surface area contributed by atoms with Gasteiger partial charge in [0.1, 0.15) is 0 Å². The molecular formula is C8H5F2N3O2S. The Labute approximate surface area is 92.1 Å². The Bertz CT molecular complexity index is 483. The van der Waals surface area contributed by atoms with E-state index in [1.807, 2.05) is 0 Å². The smallest absolute Gasteiger partial charge is 0.296 e. The van der Waals surface area contributed by atoms with Gasteiger partial charge in [-0.3, -0.25) is 9.78 Å². The van der Waals surface area contributed by atoms with E-state index in [1.165, 1.54) is 17.5 Å². The molecule has 0 aromatic carbocycles. The Morgan fingerprint density at radius 2 is 2.38 bits per heavy atom. The summed E-state index contributed by atoms with van der Waals surface area (Å²) in [5.74, 6) is -1.10. The summed E-state index contributed by atoms with van der Waals surface area (Å²) < 4.78 is 28.6.